The van der Waals surface area contributed by atoms with Gasteiger partial charge in [-0.25, -0.2) is 0 Å². The number of piperidine rings is 1. The van der Waals surface area contributed by atoms with Crippen LogP contribution >= 0.6 is 0 Å². The highest BCUT2D eigenvalue weighted by molar-refractivity contribution is 4.93. The second kappa shape index (κ2) is 6.79. The summed E-state index contributed by atoms with van der Waals surface area (Å²) in [5.41, 5.74) is 0. The lowest BCUT2D eigenvalue weighted by molar-refractivity contribution is -0.0285. The van der Waals surface area contributed by atoms with E-state index in [2.05, 4.69) is 23.6 Å². The molecule has 116 valence electrons. The van der Waals surface area contributed by atoms with Gasteiger partial charge in [0, 0.05) is 31.2 Å². The summed E-state index contributed by atoms with van der Waals surface area (Å²) in [5.74, 6) is 0.980. The van der Waals surface area contributed by atoms with Crippen LogP contribution in [-0.2, 0) is 0 Å². The van der Waals surface area contributed by atoms with Crippen LogP contribution < -0.4 is 0 Å². The molecule has 0 spiro atoms. The Kier molecular flexibility index (Phi) is 5.04. The van der Waals surface area contributed by atoms with Crippen molar-refractivity contribution in [2.75, 3.05) is 19.6 Å². The molecule has 2 saturated heterocycles. The van der Waals surface area contributed by atoms with Gasteiger partial charge in [0.1, 0.15) is 0 Å². The molecule has 1 aliphatic carbocycles. The summed E-state index contributed by atoms with van der Waals surface area (Å²) < 4.78 is 0. The number of hydrogen-bond donors (Lipinski definition) is 0. The van der Waals surface area contributed by atoms with E-state index in [1.807, 2.05) is 0 Å². The van der Waals surface area contributed by atoms with Crippen LogP contribution in [0, 0.1) is 5.92 Å². The van der Waals surface area contributed by atoms with Gasteiger partial charge in [0.2, 0.25) is 0 Å². The SMILES string of the molecule is CCC1CN2CCCCC2CN1C(C)C1CCCCC1. The summed E-state index contributed by atoms with van der Waals surface area (Å²) in [4.78, 5) is 5.73. The number of fused-ring (bicyclic) bond motifs is 1. The van der Waals surface area contributed by atoms with Gasteiger partial charge in [0.15, 0.2) is 0 Å². The minimum atomic E-state index is 0.821. The fraction of sp³-hybridized carbons (Fsp3) is 1.00. The normalized spacial score (nSPS) is 35.7. The van der Waals surface area contributed by atoms with E-state index in [0.717, 1.165) is 24.0 Å². The van der Waals surface area contributed by atoms with Gasteiger partial charge in [0.05, 0.1) is 0 Å². The van der Waals surface area contributed by atoms with E-state index in [0.29, 0.717) is 0 Å². The average molecular weight is 278 g/mol. The maximum atomic E-state index is 2.92. The van der Waals surface area contributed by atoms with Gasteiger partial charge in [-0.3, -0.25) is 9.80 Å². The van der Waals surface area contributed by atoms with Crippen molar-refractivity contribution in [2.45, 2.75) is 89.8 Å². The van der Waals surface area contributed by atoms with E-state index in [1.165, 1.54) is 77.4 Å². The van der Waals surface area contributed by atoms with Crippen molar-refractivity contribution in [1.82, 2.24) is 9.80 Å². The number of piperazine rings is 1. The lowest BCUT2D eigenvalue weighted by atomic mass is 9.82. The number of nitrogens with zero attached hydrogens (tertiary/aromatic N) is 2. The van der Waals surface area contributed by atoms with Crippen LogP contribution in [0.1, 0.15) is 71.6 Å². The molecule has 3 fully saturated rings. The van der Waals surface area contributed by atoms with E-state index in [9.17, 15) is 0 Å². The third-order valence-corrected chi connectivity index (χ3v) is 6.41. The molecule has 2 heterocycles. The Hall–Kier alpha value is -0.0800. The second-order valence-electron chi connectivity index (χ2n) is 7.54. The summed E-state index contributed by atoms with van der Waals surface area (Å²) >= 11 is 0. The van der Waals surface area contributed by atoms with E-state index < -0.39 is 0 Å². The van der Waals surface area contributed by atoms with Gasteiger partial charge in [-0.1, -0.05) is 32.6 Å². The Morgan fingerprint density at radius 2 is 1.70 bits per heavy atom. The van der Waals surface area contributed by atoms with Gasteiger partial charge >= 0.3 is 0 Å². The highest BCUT2D eigenvalue weighted by Gasteiger charge is 2.38. The predicted octanol–water partition coefficient (Wildman–Crippen LogP) is 3.90. The third kappa shape index (κ3) is 3.06. The summed E-state index contributed by atoms with van der Waals surface area (Å²) in [7, 11) is 0. The summed E-state index contributed by atoms with van der Waals surface area (Å²) in [6.07, 6.45) is 13.1. The predicted molar refractivity (Wildman–Crippen MR) is 86.0 cm³/mol. The molecular formula is C18H34N2. The van der Waals surface area contributed by atoms with Gasteiger partial charge < -0.3 is 0 Å². The molecule has 3 unspecified atom stereocenters. The van der Waals surface area contributed by atoms with Gasteiger partial charge in [-0.05, 0) is 51.5 Å². The van der Waals surface area contributed by atoms with Crippen LogP contribution in [-0.4, -0.2) is 47.6 Å². The third-order valence-electron chi connectivity index (χ3n) is 6.41. The van der Waals surface area contributed by atoms with Crippen LogP contribution in [0.15, 0.2) is 0 Å². The first-order valence-electron chi connectivity index (χ1n) is 9.29. The first kappa shape index (κ1) is 14.8. The maximum absolute atomic E-state index is 2.92. The molecule has 0 radical (unpaired) electrons. The Morgan fingerprint density at radius 3 is 2.45 bits per heavy atom. The molecule has 0 aromatic rings. The summed E-state index contributed by atoms with van der Waals surface area (Å²) in [6, 6.07) is 2.52. The second-order valence-corrected chi connectivity index (χ2v) is 7.54. The van der Waals surface area contributed by atoms with E-state index in [1.54, 1.807) is 0 Å². The quantitative estimate of drug-likeness (QED) is 0.772. The Balaban J connectivity index is 1.66. The van der Waals surface area contributed by atoms with Crippen molar-refractivity contribution < 1.29 is 0 Å². The molecule has 0 bridgehead atoms. The van der Waals surface area contributed by atoms with Crippen molar-refractivity contribution in [3.8, 4) is 0 Å². The smallest absolute Gasteiger partial charge is 0.0224 e. The Bertz CT molecular complexity index is 295. The summed E-state index contributed by atoms with van der Waals surface area (Å²) in [6.45, 7) is 9.01. The van der Waals surface area contributed by atoms with Crippen LogP contribution in [0.3, 0.4) is 0 Å². The van der Waals surface area contributed by atoms with Gasteiger partial charge in [-0.2, -0.15) is 0 Å². The van der Waals surface area contributed by atoms with Crippen molar-refractivity contribution in [3.05, 3.63) is 0 Å². The van der Waals surface area contributed by atoms with E-state index >= 15 is 0 Å². The summed E-state index contributed by atoms with van der Waals surface area (Å²) in [5, 5.41) is 0. The van der Waals surface area contributed by atoms with Gasteiger partial charge in [-0.15, -0.1) is 0 Å². The minimum absolute atomic E-state index is 0.821. The highest BCUT2D eigenvalue weighted by Crippen LogP contribution is 2.33. The standard InChI is InChI=1S/C18H34N2/c1-3-17-13-19-12-8-7-11-18(19)14-20(17)15(2)16-9-5-4-6-10-16/h15-18H,3-14H2,1-2H3. The van der Waals surface area contributed by atoms with Gasteiger partial charge in [0.25, 0.3) is 0 Å². The maximum Gasteiger partial charge on any atom is 0.0224 e. The van der Waals surface area contributed by atoms with Crippen molar-refractivity contribution >= 4 is 0 Å². The monoisotopic (exact) mass is 278 g/mol. The zero-order valence-electron chi connectivity index (χ0n) is 13.7. The van der Waals surface area contributed by atoms with Crippen LogP contribution in [0.2, 0.25) is 0 Å². The lowest BCUT2D eigenvalue weighted by Crippen LogP contribution is -2.62. The molecule has 3 atom stereocenters. The fourth-order valence-corrected chi connectivity index (χ4v) is 5.02. The van der Waals surface area contributed by atoms with E-state index in [-0.39, 0.29) is 0 Å². The molecule has 2 nitrogen and oxygen atoms in total. The molecule has 0 N–H and O–H groups in total. The van der Waals surface area contributed by atoms with E-state index in [4.69, 9.17) is 0 Å². The van der Waals surface area contributed by atoms with Crippen molar-refractivity contribution in [2.24, 2.45) is 5.92 Å². The zero-order chi connectivity index (χ0) is 13.9. The minimum Gasteiger partial charge on any atom is -0.298 e. The fourth-order valence-electron chi connectivity index (χ4n) is 5.02. The Labute approximate surface area is 125 Å². The molecular weight excluding hydrogens is 244 g/mol. The van der Waals surface area contributed by atoms with Crippen LogP contribution in [0.5, 0.6) is 0 Å². The number of rotatable bonds is 3. The molecule has 3 rings (SSSR count). The zero-order valence-corrected chi connectivity index (χ0v) is 13.7. The van der Waals surface area contributed by atoms with Crippen LogP contribution in [0.4, 0.5) is 0 Å². The van der Waals surface area contributed by atoms with Crippen molar-refractivity contribution in [3.63, 3.8) is 0 Å². The average Bonchev–Trinajstić information content (AvgIpc) is 2.53. The molecule has 3 aliphatic rings. The first-order chi connectivity index (χ1) is 9.79. The van der Waals surface area contributed by atoms with Crippen molar-refractivity contribution in [1.29, 1.82) is 0 Å². The largest absolute Gasteiger partial charge is 0.298 e. The molecule has 0 aromatic carbocycles. The Morgan fingerprint density at radius 1 is 0.950 bits per heavy atom. The molecule has 2 aliphatic heterocycles. The topological polar surface area (TPSA) is 6.48 Å². The molecule has 2 heteroatoms. The highest BCUT2D eigenvalue weighted by atomic mass is 15.3. The van der Waals surface area contributed by atoms with Crippen LogP contribution in [0.25, 0.3) is 0 Å². The molecule has 1 saturated carbocycles. The molecule has 20 heavy (non-hydrogen) atoms. The first-order valence-corrected chi connectivity index (χ1v) is 9.29. The lowest BCUT2D eigenvalue weighted by Gasteiger charge is -2.52. The molecule has 0 amide bonds. The molecule has 0 aromatic heterocycles. The number of hydrogen-bond acceptors (Lipinski definition) is 2.